The van der Waals surface area contributed by atoms with Crippen LogP contribution in [0.4, 0.5) is 0 Å². The molecule has 1 atom stereocenters. The normalized spacial score (nSPS) is 22.6. The molecule has 8 heteroatoms. The van der Waals surface area contributed by atoms with Gasteiger partial charge in [-0.1, -0.05) is 37.5 Å². The van der Waals surface area contributed by atoms with Gasteiger partial charge in [0.25, 0.3) is 0 Å². The number of ether oxygens (including phenoxy) is 3. The largest absolute Gasteiger partial charge is 0.463 e. The predicted molar refractivity (Wildman–Crippen MR) is 161 cm³/mol. The van der Waals surface area contributed by atoms with E-state index in [4.69, 9.17) is 35.4 Å². The molecule has 0 bridgehead atoms. The Morgan fingerprint density at radius 1 is 1.15 bits per heavy atom. The average molecular weight is 585 g/mol. The third-order valence-corrected chi connectivity index (χ3v) is 7.34. The van der Waals surface area contributed by atoms with E-state index >= 15 is 0 Å². The van der Waals surface area contributed by atoms with Gasteiger partial charge in [-0.3, -0.25) is 0 Å². The lowest BCUT2D eigenvalue weighted by molar-refractivity contribution is -0.156. The van der Waals surface area contributed by atoms with Gasteiger partial charge in [0.05, 0.1) is 40.4 Å². The summed E-state index contributed by atoms with van der Waals surface area (Å²) in [5.41, 5.74) is -6.05. The molecular weight excluding hydrogens is 528 g/mol. The molecule has 0 spiro atoms. The molecular formula is C32H49ClN2O5. The first-order valence-electron chi connectivity index (χ1n) is 17.1. The number of carbonyl (C=O) groups is 2. The first-order chi connectivity index (χ1) is 21.2. The summed E-state index contributed by atoms with van der Waals surface area (Å²) in [7, 11) is 1.41. The van der Waals surface area contributed by atoms with Gasteiger partial charge in [-0.2, -0.15) is 0 Å². The summed E-state index contributed by atoms with van der Waals surface area (Å²) >= 11 is 6.89. The zero-order valence-electron chi connectivity index (χ0n) is 33.9. The third kappa shape index (κ3) is 7.29. The first kappa shape index (κ1) is 23.2. The minimum absolute atomic E-state index is 0.0859. The zero-order valence-corrected chi connectivity index (χ0v) is 26.7. The Morgan fingerprint density at radius 3 is 2.27 bits per heavy atom. The maximum absolute atomic E-state index is 14.7. The highest BCUT2D eigenvalue weighted by Gasteiger charge is 2.46. The molecule has 0 saturated carbocycles. The molecule has 2 N–H and O–H groups in total. The van der Waals surface area contributed by atoms with Gasteiger partial charge in [-0.15, -0.1) is 0 Å². The van der Waals surface area contributed by atoms with Crippen molar-refractivity contribution in [3.8, 4) is 0 Å². The number of hydrogen-bond donors (Lipinski definition) is 2. The monoisotopic (exact) mass is 584 g/mol. The molecule has 1 aliphatic rings. The number of likely N-dealkylation sites (N-methyl/N-ethyl adjacent to an activating group) is 1. The number of dihydropyridines is 1. The number of esters is 2. The van der Waals surface area contributed by atoms with E-state index in [-0.39, 0.29) is 22.5 Å². The van der Waals surface area contributed by atoms with Crippen molar-refractivity contribution >= 4 is 23.5 Å². The van der Waals surface area contributed by atoms with Gasteiger partial charge in [-0.05, 0) is 98.9 Å². The Morgan fingerprint density at radius 2 is 1.75 bits per heavy atom. The van der Waals surface area contributed by atoms with Crippen LogP contribution < -0.4 is 10.6 Å². The van der Waals surface area contributed by atoms with Crippen molar-refractivity contribution in [1.82, 2.24) is 10.6 Å². The van der Waals surface area contributed by atoms with Crippen LogP contribution in [0.2, 0.25) is 5.02 Å². The highest BCUT2D eigenvalue weighted by molar-refractivity contribution is 6.32. The van der Waals surface area contributed by atoms with Crippen molar-refractivity contribution < 1.29 is 34.8 Å². The highest BCUT2D eigenvalue weighted by atomic mass is 35.5. The molecule has 0 fully saturated rings. The van der Waals surface area contributed by atoms with E-state index in [1.165, 1.54) is 69.4 Å². The molecule has 1 aliphatic heterocycles. The lowest BCUT2D eigenvalue weighted by atomic mass is 9.77. The van der Waals surface area contributed by atoms with Crippen LogP contribution in [0.15, 0.2) is 34.6 Å². The van der Waals surface area contributed by atoms with Crippen LogP contribution in [0.5, 0.6) is 0 Å². The molecule has 1 heterocycles. The molecule has 0 saturated heterocycles. The fourth-order valence-corrected chi connectivity index (χ4v) is 4.57. The Hall–Kier alpha value is -2.35. The second-order valence-electron chi connectivity index (χ2n) is 11.4. The van der Waals surface area contributed by atoms with Gasteiger partial charge in [0.15, 0.2) is 0 Å². The van der Waals surface area contributed by atoms with Gasteiger partial charge < -0.3 is 24.8 Å². The van der Waals surface area contributed by atoms with Crippen molar-refractivity contribution in [2.45, 2.75) is 106 Å². The van der Waals surface area contributed by atoms with E-state index < -0.39 is 76.3 Å². The van der Waals surface area contributed by atoms with E-state index in [0.717, 1.165) is 6.92 Å². The summed E-state index contributed by atoms with van der Waals surface area (Å²) in [6.45, 7) is 12.9. The standard InChI is InChI=1S/C32H49ClN2O5/c1-14-38-28(36)23-21(6)35-27(32(11,12)40-30(7,8)17-34-13)25(29(37)39-31(9,10)18(2)3)24(23)22-16-15-19(4)20(5)26(22)33/h15-16,18,24,34-35H,14,17H2,1-13H3/i14D2,15D,16D,17D2,18D,24D. The predicted octanol–water partition coefficient (Wildman–Crippen LogP) is 6.51. The number of halogens is 1. The number of carbonyl (C=O) groups excluding carboxylic acids is 2. The summed E-state index contributed by atoms with van der Waals surface area (Å²) < 4.78 is 87.0. The SMILES string of the molecule is [2H]c1c([2H])c(C2([2H])C(C(=O)OC([2H])([2H])C)=C(C)NC(C(C)(C)OC(C)(C)C([2H])([2H])NC)=C2C(=O)OC(C)(C)C([2H])(C)C)c(Cl)c(C)c1C. The molecule has 1 aromatic rings. The van der Waals surface area contributed by atoms with Crippen LogP contribution in [0.1, 0.15) is 103 Å². The van der Waals surface area contributed by atoms with Crippen LogP contribution in [-0.2, 0) is 23.8 Å². The quantitative estimate of drug-likeness (QED) is 0.287. The summed E-state index contributed by atoms with van der Waals surface area (Å²) in [4.78, 5) is 28.6. The van der Waals surface area contributed by atoms with Gasteiger partial charge in [-0.25, -0.2) is 9.59 Å². The summed E-state index contributed by atoms with van der Waals surface area (Å²) in [5.74, 6) is -6.73. The summed E-state index contributed by atoms with van der Waals surface area (Å²) in [5, 5.41) is 5.35. The lowest BCUT2D eigenvalue weighted by Gasteiger charge is -2.42. The minimum Gasteiger partial charge on any atom is -0.463 e. The number of allylic oxidation sites excluding steroid dienone is 1. The molecule has 224 valence electrons. The van der Waals surface area contributed by atoms with Crippen LogP contribution in [-0.4, -0.2) is 48.8 Å². The maximum atomic E-state index is 14.7. The summed E-state index contributed by atoms with van der Waals surface area (Å²) in [6.07, 6.45) is 0. The molecule has 0 amide bonds. The zero-order chi connectivity index (χ0) is 38.0. The molecule has 1 unspecified atom stereocenters. The first-order valence-corrected chi connectivity index (χ1v) is 13.4. The molecule has 0 aromatic heterocycles. The Kier molecular flexibility index (Phi) is 7.36. The number of benzene rings is 1. The minimum atomic E-state index is -2.79. The van der Waals surface area contributed by atoms with Gasteiger partial charge in [0.2, 0.25) is 0 Å². The van der Waals surface area contributed by atoms with Gasteiger partial charge in [0, 0.05) is 22.7 Å². The van der Waals surface area contributed by atoms with Crippen LogP contribution in [0.25, 0.3) is 0 Å². The van der Waals surface area contributed by atoms with Crippen LogP contribution in [0.3, 0.4) is 0 Å². The molecule has 2 rings (SSSR count). The molecule has 40 heavy (non-hydrogen) atoms. The van der Waals surface area contributed by atoms with Crippen molar-refractivity contribution in [1.29, 1.82) is 0 Å². The number of nitrogens with one attached hydrogen (secondary N) is 2. The molecule has 7 nitrogen and oxygen atoms in total. The fourth-order valence-electron chi connectivity index (χ4n) is 4.28. The smallest absolute Gasteiger partial charge is 0.337 e. The van der Waals surface area contributed by atoms with E-state index in [0.29, 0.717) is 11.1 Å². The average Bonchev–Trinajstić information content (AvgIpc) is 2.87. The Bertz CT molecular complexity index is 1530. The number of rotatable bonds is 11. The van der Waals surface area contributed by atoms with E-state index in [1.54, 1.807) is 13.8 Å². The lowest BCUT2D eigenvalue weighted by Crippen LogP contribution is -2.49. The second-order valence-corrected chi connectivity index (χ2v) is 11.8. The van der Waals surface area contributed by atoms with Crippen LogP contribution in [0, 0.1) is 19.7 Å². The number of hydrogen-bond acceptors (Lipinski definition) is 7. The second kappa shape index (κ2) is 12.7. The van der Waals surface area contributed by atoms with Crippen molar-refractivity contribution in [3.05, 3.63) is 56.3 Å². The van der Waals surface area contributed by atoms with E-state index in [1.807, 2.05) is 0 Å². The van der Waals surface area contributed by atoms with Crippen LogP contribution >= 0.6 is 11.6 Å². The topological polar surface area (TPSA) is 85.9 Å². The van der Waals surface area contributed by atoms with Gasteiger partial charge in [0.1, 0.15) is 11.2 Å². The maximum Gasteiger partial charge on any atom is 0.337 e. The Labute approximate surface area is 257 Å². The van der Waals surface area contributed by atoms with E-state index in [9.17, 15) is 11.0 Å². The molecule has 0 aliphatic carbocycles. The van der Waals surface area contributed by atoms with Gasteiger partial charge >= 0.3 is 11.9 Å². The summed E-state index contributed by atoms with van der Waals surface area (Å²) in [6, 6.07) is -0.901. The highest BCUT2D eigenvalue weighted by Crippen LogP contribution is 2.46. The van der Waals surface area contributed by atoms with E-state index in [2.05, 4.69) is 10.6 Å². The Balaban J connectivity index is 3.30. The van der Waals surface area contributed by atoms with Crippen molar-refractivity contribution in [2.75, 3.05) is 20.1 Å². The fraction of sp³-hybridized carbons (Fsp3) is 0.625. The molecule has 1 aromatic carbocycles. The van der Waals surface area contributed by atoms with Crippen molar-refractivity contribution in [3.63, 3.8) is 0 Å². The van der Waals surface area contributed by atoms with Crippen molar-refractivity contribution in [2.24, 2.45) is 5.89 Å². The molecule has 0 radical (unpaired) electrons. The third-order valence-electron chi connectivity index (χ3n) is 6.87.